The molecule has 0 N–H and O–H groups in total. The van der Waals surface area contributed by atoms with Crippen LogP contribution < -0.4 is 0 Å². The van der Waals surface area contributed by atoms with Gasteiger partial charge in [-0.15, -0.1) is 0 Å². The summed E-state index contributed by atoms with van der Waals surface area (Å²) >= 11 is 1.61. The number of alkyl halides is 3. The molecule has 186 valence electrons. The van der Waals surface area contributed by atoms with Crippen molar-refractivity contribution in [3.63, 3.8) is 0 Å². The Hall–Kier alpha value is -2.71. The highest BCUT2D eigenvalue weighted by Crippen LogP contribution is 2.38. The lowest BCUT2D eigenvalue weighted by Gasteiger charge is -2.32. The molecule has 35 heavy (non-hydrogen) atoms. The van der Waals surface area contributed by atoms with Crippen molar-refractivity contribution in [1.29, 1.82) is 0 Å². The van der Waals surface area contributed by atoms with Crippen LogP contribution in [0.25, 0.3) is 0 Å². The topological polar surface area (TPSA) is 23.6 Å². The molecular formula is C27H28F4N2OS. The zero-order valence-corrected chi connectivity index (χ0v) is 20.5. The molecule has 1 aliphatic rings. The molecule has 1 fully saturated rings. The maximum absolute atomic E-state index is 13.4. The van der Waals surface area contributed by atoms with Gasteiger partial charge >= 0.3 is 6.18 Å². The zero-order chi connectivity index (χ0) is 25.2. The minimum Gasteiger partial charge on any atom is -0.336 e. The van der Waals surface area contributed by atoms with Crippen LogP contribution in [-0.2, 0) is 12.7 Å². The third-order valence-corrected chi connectivity index (χ3v) is 7.28. The molecule has 0 spiro atoms. The van der Waals surface area contributed by atoms with Gasteiger partial charge in [0.05, 0.1) is 5.56 Å². The van der Waals surface area contributed by atoms with Crippen molar-refractivity contribution in [3.8, 4) is 0 Å². The summed E-state index contributed by atoms with van der Waals surface area (Å²) < 4.78 is 53.7. The van der Waals surface area contributed by atoms with Crippen molar-refractivity contribution < 1.29 is 22.4 Å². The molecule has 1 amide bonds. The molecule has 2 atom stereocenters. The molecule has 0 bridgehead atoms. The third-order valence-electron chi connectivity index (χ3n) is 6.55. The number of likely N-dealkylation sites (tertiary alicyclic amines) is 1. The summed E-state index contributed by atoms with van der Waals surface area (Å²) in [5.41, 5.74) is 1.54. The summed E-state index contributed by atoms with van der Waals surface area (Å²) in [7, 11) is 0. The lowest BCUT2D eigenvalue weighted by atomic mass is 9.87. The van der Waals surface area contributed by atoms with Gasteiger partial charge in [0, 0.05) is 43.7 Å². The average Bonchev–Trinajstić information content (AvgIpc) is 3.47. The Morgan fingerprint density at radius 3 is 2.49 bits per heavy atom. The summed E-state index contributed by atoms with van der Waals surface area (Å²) in [5, 5.41) is 4.08. The van der Waals surface area contributed by atoms with Crippen molar-refractivity contribution in [1.82, 2.24) is 9.80 Å². The van der Waals surface area contributed by atoms with Gasteiger partial charge in [0.2, 0.25) is 0 Å². The Morgan fingerprint density at radius 1 is 1.11 bits per heavy atom. The van der Waals surface area contributed by atoms with E-state index in [9.17, 15) is 22.4 Å². The van der Waals surface area contributed by atoms with Crippen LogP contribution in [0.4, 0.5) is 17.6 Å². The molecule has 2 aromatic carbocycles. The first-order valence-electron chi connectivity index (χ1n) is 11.6. The van der Waals surface area contributed by atoms with E-state index in [2.05, 4.69) is 16.3 Å². The van der Waals surface area contributed by atoms with Gasteiger partial charge in [-0.05, 0) is 78.1 Å². The second-order valence-electron chi connectivity index (χ2n) is 9.37. The summed E-state index contributed by atoms with van der Waals surface area (Å²) in [6.07, 6.45) is -4.41. The molecule has 0 saturated carbocycles. The summed E-state index contributed by atoms with van der Waals surface area (Å²) in [6, 6.07) is 12.9. The number of rotatable bonds is 7. The maximum atomic E-state index is 13.4. The highest BCUT2D eigenvalue weighted by molar-refractivity contribution is 7.07. The quantitative estimate of drug-likeness (QED) is 0.336. The van der Waals surface area contributed by atoms with Crippen LogP contribution >= 0.6 is 11.3 Å². The molecule has 2 unspecified atom stereocenters. The summed E-state index contributed by atoms with van der Waals surface area (Å²) in [4.78, 5) is 17.3. The van der Waals surface area contributed by atoms with Crippen LogP contribution in [0.1, 0.15) is 46.8 Å². The summed E-state index contributed by atoms with van der Waals surface area (Å²) in [5.74, 6) is -0.830. The van der Waals surface area contributed by atoms with Crippen molar-refractivity contribution in [3.05, 3.63) is 93.4 Å². The third kappa shape index (κ3) is 6.11. The minimum atomic E-state index is -4.41. The highest BCUT2D eigenvalue weighted by Gasteiger charge is 2.38. The second kappa shape index (κ2) is 10.5. The lowest BCUT2D eigenvalue weighted by molar-refractivity contribution is -0.137. The van der Waals surface area contributed by atoms with E-state index in [0.29, 0.717) is 37.3 Å². The average molecular weight is 505 g/mol. The Balaban J connectivity index is 1.61. The van der Waals surface area contributed by atoms with Gasteiger partial charge in [-0.3, -0.25) is 9.69 Å². The fourth-order valence-electron chi connectivity index (χ4n) is 4.78. The molecule has 0 aliphatic carbocycles. The number of hydrogen-bond acceptors (Lipinski definition) is 3. The SMILES string of the molecule is CC(C)N(CC1CN(Cc2ccsc2)CC1c1cccc(C(F)(F)F)c1)C(=O)c1ccc(F)cc1. The van der Waals surface area contributed by atoms with E-state index in [0.717, 1.165) is 6.07 Å². The van der Waals surface area contributed by atoms with Crippen molar-refractivity contribution in [2.75, 3.05) is 19.6 Å². The first-order chi connectivity index (χ1) is 16.6. The van der Waals surface area contributed by atoms with Crippen LogP contribution in [0.2, 0.25) is 0 Å². The van der Waals surface area contributed by atoms with Crippen LogP contribution in [0.5, 0.6) is 0 Å². The van der Waals surface area contributed by atoms with E-state index < -0.39 is 17.6 Å². The second-order valence-corrected chi connectivity index (χ2v) is 10.2. The Morgan fingerprint density at radius 2 is 1.86 bits per heavy atom. The number of carbonyl (C=O) groups excluding carboxylic acids is 1. The van der Waals surface area contributed by atoms with Crippen molar-refractivity contribution in [2.24, 2.45) is 5.92 Å². The minimum absolute atomic E-state index is 0.0519. The number of benzene rings is 2. The molecular weight excluding hydrogens is 476 g/mol. The van der Waals surface area contributed by atoms with Crippen LogP contribution in [-0.4, -0.2) is 41.4 Å². The number of halogens is 4. The molecule has 1 aliphatic heterocycles. The summed E-state index contributed by atoms with van der Waals surface area (Å²) in [6.45, 7) is 6.21. The standard InChI is InChI=1S/C27H28F4N2OS/c1-18(2)33(26(34)20-6-8-24(28)9-7-20)15-22-14-32(13-19-10-11-35-17-19)16-25(22)21-4-3-5-23(12-21)27(29,30)31/h3-12,17-18,22,25H,13-16H2,1-2H3. The van der Waals surface area contributed by atoms with Crippen molar-refractivity contribution >= 4 is 17.2 Å². The van der Waals surface area contributed by atoms with E-state index in [4.69, 9.17) is 0 Å². The van der Waals surface area contributed by atoms with E-state index in [1.54, 1.807) is 22.3 Å². The number of nitrogens with zero attached hydrogens (tertiary/aromatic N) is 2. The molecule has 4 rings (SSSR count). The fraction of sp³-hybridized carbons (Fsp3) is 0.370. The fourth-order valence-corrected chi connectivity index (χ4v) is 5.44. The molecule has 2 heterocycles. The van der Waals surface area contributed by atoms with Gasteiger partial charge in [-0.1, -0.05) is 18.2 Å². The predicted molar refractivity (Wildman–Crippen MR) is 130 cm³/mol. The van der Waals surface area contributed by atoms with Gasteiger partial charge in [-0.25, -0.2) is 4.39 Å². The van der Waals surface area contributed by atoms with E-state index in [1.165, 1.54) is 42.0 Å². The smallest absolute Gasteiger partial charge is 0.336 e. The first-order valence-corrected chi connectivity index (χ1v) is 12.5. The van der Waals surface area contributed by atoms with Crippen LogP contribution in [0, 0.1) is 11.7 Å². The number of hydrogen-bond donors (Lipinski definition) is 0. The lowest BCUT2D eigenvalue weighted by Crippen LogP contribution is -2.42. The normalized spacial score (nSPS) is 18.8. The Labute approximate surface area is 207 Å². The van der Waals surface area contributed by atoms with Gasteiger partial charge in [0.25, 0.3) is 5.91 Å². The zero-order valence-electron chi connectivity index (χ0n) is 19.6. The molecule has 0 radical (unpaired) electrons. The van der Waals surface area contributed by atoms with Gasteiger partial charge < -0.3 is 4.90 Å². The highest BCUT2D eigenvalue weighted by atomic mass is 32.1. The van der Waals surface area contributed by atoms with E-state index >= 15 is 0 Å². The number of amides is 1. The largest absolute Gasteiger partial charge is 0.416 e. The van der Waals surface area contributed by atoms with E-state index in [1.807, 2.05) is 19.2 Å². The van der Waals surface area contributed by atoms with Crippen LogP contribution in [0.15, 0.2) is 65.4 Å². The number of carbonyl (C=O) groups is 1. The Bertz CT molecular complexity index is 1130. The number of thiophene rings is 1. The van der Waals surface area contributed by atoms with Crippen LogP contribution in [0.3, 0.4) is 0 Å². The molecule has 3 aromatic rings. The van der Waals surface area contributed by atoms with Crippen molar-refractivity contribution in [2.45, 2.75) is 38.5 Å². The molecule has 8 heteroatoms. The van der Waals surface area contributed by atoms with Gasteiger partial charge in [-0.2, -0.15) is 24.5 Å². The molecule has 1 aromatic heterocycles. The first kappa shape index (κ1) is 25.4. The molecule has 3 nitrogen and oxygen atoms in total. The maximum Gasteiger partial charge on any atom is 0.416 e. The Kier molecular flexibility index (Phi) is 7.62. The predicted octanol–water partition coefficient (Wildman–Crippen LogP) is 6.67. The van der Waals surface area contributed by atoms with Gasteiger partial charge in [0.1, 0.15) is 5.82 Å². The monoisotopic (exact) mass is 504 g/mol. The molecule has 1 saturated heterocycles. The van der Waals surface area contributed by atoms with Gasteiger partial charge in [0.15, 0.2) is 0 Å². The van der Waals surface area contributed by atoms with E-state index in [-0.39, 0.29) is 23.8 Å².